The summed E-state index contributed by atoms with van der Waals surface area (Å²) in [5.41, 5.74) is 0.150. The summed E-state index contributed by atoms with van der Waals surface area (Å²) in [5, 5.41) is 0. The molecule has 0 atom stereocenters. The van der Waals surface area contributed by atoms with E-state index in [0.29, 0.717) is 13.0 Å². The second kappa shape index (κ2) is 3.24. The van der Waals surface area contributed by atoms with Gasteiger partial charge in [0.05, 0.1) is 13.0 Å². The fourth-order valence-corrected chi connectivity index (χ4v) is 1.42. The Kier molecular flexibility index (Phi) is 2.53. The lowest BCUT2D eigenvalue weighted by Gasteiger charge is -2.25. The van der Waals surface area contributed by atoms with Crippen molar-refractivity contribution in [1.29, 1.82) is 0 Å². The summed E-state index contributed by atoms with van der Waals surface area (Å²) in [6.07, 6.45) is 3.92. The van der Waals surface area contributed by atoms with E-state index in [0.717, 1.165) is 12.8 Å². The van der Waals surface area contributed by atoms with Crippen LogP contribution < -0.4 is 0 Å². The molecule has 2 nitrogen and oxygen atoms in total. The first-order valence-electron chi connectivity index (χ1n) is 4.26. The number of hydrogen-bond donors (Lipinski definition) is 0. The molecule has 0 amide bonds. The van der Waals surface area contributed by atoms with Crippen LogP contribution in [0.2, 0.25) is 0 Å². The second-order valence-electron chi connectivity index (χ2n) is 4.02. The summed E-state index contributed by atoms with van der Waals surface area (Å²) in [7, 11) is 0. The Morgan fingerprint density at radius 3 is 2.82 bits per heavy atom. The zero-order valence-electron chi connectivity index (χ0n) is 7.35. The van der Waals surface area contributed by atoms with E-state index in [-0.39, 0.29) is 11.4 Å². The van der Waals surface area contributed by atoms with Gasteiger partial charge in [0.1, 0.15) is 0 Å². The third-order valence-electron chi connectivity index (χ3n) is 2.13. The lowest BCUT2D eigenvalue weighted by Crippen LogP contribution is -2.21. The molecular formula is C9H16O2. The van der Waals surface area contributed by atoms with Gasteiger partial charge in [-0.25, -0.2) is 0 Å². The molecule has 0 saturated carbocycles. The molecule has 2 heteroatoms. The van der Waals surface area contributed by atoms with Gasteiger partial charge in [-0.15, -0.1) is 0 Å². The van der Waals surface area contributed by atoms with Crippen LogP contribution in [0.1, 0.15) is 39.5 Å². The highest BCUT2D eigenvalue weighted by Crippen LogP contribution is 2.29. The first-order chi connectivity index (χ1) is 5.10. The Hall–Kier alpha value is -0.530. The van der Waals surface area contributed by atoms with Gasteiger partial charge in [0.15, 0.2) is 0 Å². The van der Waals surface area contributed by atoms with Crippen molar-refractivity contribution in [3.05, 3.63) is 0 Å². The Balaban J connectivity index is 2.49. The molecule has 1 aliphatic heterocycles. The van der Waals surface area contributed by atoms with Crippen molar-refractivity contribution in [3.63, 3.8) is 0 Å². The average Bonchev–Trinajstić information content (AvgIpc) is 1.82. The van der Waals surface area contributed by atoms with Crippen LogP contribution in [-0.2, 0) is 9.53 Å². The Bertz CT molecular complexity index is 150. The predicted octanol–water partition coefficient (Wildman–Crippen LogP) is 2.13. The molecule has 0 aromatic rings. The molecule has 1 rings (SSSR count). The summed E-state index contributed by atoms with van der Waals surface area (Å²) in [4.78, 5) is 11.0. The van der Waals surface area contributed by atoms with E-state index in [1.807, 2.05) is 0 Å². The molecule has 64 valence electrons. The monoisotopic (exact) mass is 156 g/mol. The maximum absolute atomic E-state index is 11.0. The number of carbonyl (C=O) groups excluding carboxylic acids is 1. The van der Waals surface area contributed by atoms with Crippen molar-refractivity contribution in [1.82, 2.24) is 0 Å². The van der Waals surface area contributed by atoms with E-state index in [2.05, 4.69) is 13.8 Å². The standard InChI is InChI=1S/C9H16O2/c1-9(2)5-3-4-6-11-8(10)7-9/h3-7H2,1-2H3. The summed E-state index contributed by atoms with van der Waals surface area (Å²) in [6.45, 7) is 4.87. The van der Waals surface area contributed by atoms with Crippen LogP contribution in [0.5, 0.6) is 0 Å². The van der Waals surface area contributed by atoms with Gasteiger partial charge < -0.3 is 4.74 Å². The summed E-state index contributed by atoms with van der Waals surface area (Å²) >= 11 is 0. The van der Waals surface area contributed by atoms with E-state index >= 15 is 0 Å². The van der Waals surface area contributed by atoms with Crippen molar-refractivity contribution in [3.8, 4) is 0 Å². The van der Waals surface area contributed by atoms with Crippen LogP contribution >= 0.6 is 0 Å². The molecule has 1 fully saturated rings. The number of hydrogen-bond acceptors (Lipinski definition) is 2. The Labute approximate surface area is 67.9 Å². The summed E-state index contributed by atoms with van der Waals surface area (Å²) in [6, 6.07) is 0. The van der Waals surface area contributed by atoms with Crippen LogP contribution in [0.4, 0.5) is 0 Å². The van der Waals surface area contributed by atoms with Crippen molar-refractivity contribution >= 4 is 5.97 Å². The largest absolute Gasteiger partial charge is 0.466 e. The van der Waals surface area contributed by atoms with Crippen LogP contribution in [0.25, 0.3) is 0 Å². The molecule has 0 N–H and O–H groups in total. The molecule has 0 aromatic carbocycles. The number of ether oxygens (including phenoxy) is 1. The quantitative estimate of drug-likeness (QED) is 0.502. The Morgan fingerprint density at radius 1 is 1.36 bits per heavy atom. The van der Waals surface area contributed by atoms with Gasteiger partial charge in [-0.05, 0) is 24.7 Å². The zero-order chi connectivity index (χ0) is 8.32. The number of rotatable bonds is 0. The van der Waals surface area contributed by atoms with Crippen molar-refractivity contribution in [2.24, 2.45) is 5.41 Å². The molecule has 1 aliphatic rings. The molecule has 0 unspecified atom stereocenters. The lowest BCUT2D eigenvalue weighted by molar-refractivity contribution is -0.147. The van der Waals surface area contributed by atoms with E-state index in [9.17, 15) is 4.79 Å². The summed E-state index contributed by atoms with van der Waals surface area (Å²) in [5.74, 6) is -0.0327. The first kappa shape index (κ1) is 8.57. The first-order valence-corrected chi connectivity index (χ1v) is 4.26. The van der Waals surface area contributed by atoms with Crippen LogP contribution in [0.15, 0.2) is 0 Å². The fraction of sp³-hybridized carbons (Fsp3) is 0.889. The fourth-order valence-electron chi connectivity index (χ4n) is 1.42. The van der Waals surface area contributed by atoms with Gasteiger partial charge in [-0.3, -0.25) is 4.79 Å². The van der Waals surface area contributed by atoms with Gasteiger partial charge in [0.25, 0.3) is 0 Å². The van der Waals surface area contributed by atoms with Crippen LogP contribution in [0.3, 0.4) is 0 Å². The van der Waals surface area contributed by atoms with Crippen LogP contribution in [0, 0.1) is 5.41 Å². The second-order valence-corrected chi connectivity index (χ2v) is 4.02. The van der Waals surface area contributed by atoms with Crippen molar-refractivity contribution < 1.29 is 9.53 Å². The molecule has 0 spiro atoms. The third kappa shape index (κ3) is 2.91. The highest BCUT2D eigenvalue weighted by atomic mass is 16.5. The van der Waals surface area contributed by atoms with Crippen molar-refractivity contribution in [2.75, 3.05) is 6.61 Å². The summed E-state index contributed by atoms with van der Waals surface area (Å²) < 4.78 is 4.98. The minimum absolute atomic E-state index is 0.0327. The molecule has 11 heavy (non-hydrogen) atoms. The molecular weight excluding hydrogens is 140 g/mol. The van der Waals surface area contributed by atoms with Gasteiger partial charge in [0, 0.05) is 0 Å². The highest BCUT2D eigenvalue weighted by Gasteiger charge is 2.24. The van der Waals surface area contributed by atoms with Gasteiger partial charge in [0.2, 0.25) is 0 Å². The van der Waals surface area contributed by atoms with Crippen LogP contribution in [-0.4, -0.2) is 12.6 Å². The van der Waals surface area contributed by atoms with Gasteiger partial charge in [-0.2, -0.15) is 0 Å². The molecule has 0 radical (unpaired) electrons. The lowest BCUT2D eigenvalue weighted by atomic mass is 9.83. The van der Waals surface area contributed by atoms with E-state index in [1.54, 1.807) is 0 Å². The Morgan fingerprint density at radius 2 is 2.09 bits per heavy atom. The maximum Gasteiger partial charge on any atom is 0.306 e. The topological polar surface area (TPSA) is 26.3 Å². The number of esters is 1. The van der Waals surface area contributed by atoms with Gasteiger partial charge >= 0.3 is 5.97 Å². The smallest absolute Gasteiger partial charge is 0.306 e. The average molecular weight is 156 g/mol. The molecule has 0 aromatic heterocycles. The van der Waals surface area contributed by atoms with E-state index in [1.165, 1.54) is 6.42 Å². The predicted molar refractivity (Wildman–Crippen MR) is 43.2 cm³/mol. The minimum Gasteiger partial charge on any atom is -0.466 e. The maximum atomic E-state index is 11.0. The molecule has 1 saturated heterocycles. The highest BCUT2D eigenvalue weighted by molar-refractivity contribution is 5.70. The van der Waals surface area contributed by atoms with E-state index in [4.69, 9.17) is 4.74 Å². The molecule has 0 bridgehead atoms. The molecule has 0 aliphatic carbocycles. The number of carbonyl (C=O) groups is 1. The third-order valence-corrected chi connectivity index (χ3v) is 2.13. The number of cyclic esters (lactones) is 1. The van der Waals surface area contributed by atoms with E-state index < -0.39 is 0 Å². The normalized spacial score (nSPS) is 25.1. The van der Waals surface area contributed by atoms with Crippen molar-refractivity contribution in [2.45, 2.75) is 39.5 Å². The SMILES string of the molecule is CC1(C)CCCCOC(=O)C1. The molecule has 1 heterocycles. The van der Waals surface area contributed by atoms with Gasteiger partial charge in [-0.1, -0.05) is 13.8 Å². The zero-order valence-corrected chi connectivity index (χ0v) is 7.35. The minimum atomic E-state index is -0.0327.